The van der Waals surface area contributed by atoms with E-state index in [1.54, 1.807) is 12.1 Å². The van der Waals surface area contributed by atoms with Crippen molar-refractivity contribution in [2.75, 3.05) is 0 Å². The average Bonchev–Trinajstić information content (AvgIpc) is 3.74. The van der Waals surface area contributed by atoms with Crippen LogP contribution in [0.3, 0.4) is 0 Å². The van der Waals surface area contributed by atoms with Crippen LogP contribution in [-0.4, -0.2) is 38.6 Å². The van der Waals surface area contributed by atoms with Crippen molar-refractivity contribution in [3.8, 4) is 0 Å². The van der Waals surface area contributed by atoms with Gasteiger partial charge in [-0.1, -0.05) is 44.2 Å². The van der Waals surface area contributed by atoms with Gasteiger partial charge in [0.1, 0.15) is 0 Å². The summed E-state index contributed by atoms with van der Waals surface area (Å²) in [6.45, 7) is 4.94. The molecule has 0 bridgehead atoms. The van der Waals surface area contributed by atoms with E-state index in [2.05, 4.69) is 10.4 Å². The largest absolute Gasteiger partial charge is 0.349 e. The molecule has 1 N–H and O–H groups in total. The number of fused-ring (bicyclic) bond motifs is 1. The molecule has 0 unspecified atom stereocenters. The number of hydrogen-bond acceptors (Lipinski definition) is 4. The van der Waals surface area contributed by atoms with Crippen LogP contribution in [0.2, 0.25) is 0 Å². The molecule has 0 aliphatic heterocycles. The third-order valence-corrected chi connectivity index (χ3v) is 6.34. The summed E-state index contributed by atoms with van der Waals surface area (Å²) in [5.41, 5.74) is 1.75. The van der Waals surface area contributed by atoms with Gasteiger partial charge >= 0.3 is 0 Å². The van der Waals surface area contributed by atoms with Gasteiger partial charge in [-0.3, -0.25) is 14.4 Å². The fraction of sp³-hybridized carbons (Fsp3) is 0.407. The van der Waals surface area contributed by atoms with Gasteiger partial charge in [-0.2, -0.15) is 5.10 Å². The van der Waals surface area contributed by atoms with Crippen LogP contribution >= 0.6 is 0 Å². The Balaban J connectivity index is 1.43. The number of carbonyl (C=O) groups excluding carboxylic acids is 2. The molecule has 7 nitrogen and oxygen atoms in total. The molecule has 2 saturated carbocycles. The van der Waals surface area contributed by atoms with Crippen LogP contribution in [-0.2, 0) is 13.1 Å². The molecule has 5 rings (SSSR count). The molecule has 2 fully saturated rings. The smallest absolute Gasteiger partial charge is 0.275 e. The average molecular weight is 459 g/mol. The molecule has 7 heteroatoms. The predicted octanol–water partition coefficient (Wildman–Crippen LogP) is 3.75. The summed E-state index contributed by atoms with van der Waals surface area (Å²) < 4.78 is 1.43. The van der Waals surface area contributed by atoms with Crippen LogP contribution < -0.4 is 10.9 Å². The second-order valence-corrected chi connectivity index (χ2v) is 9.88. The highest BCUT2D eigenvalue weighted by atomic mass is 16.2. The minimum Gasteiger partial charge on any atom is -0.349 e. The number of benzene rings is 2. The van der Waals surface area contributed by atoms with Crippen LogP contribution in [0.4, 0.5) is 0 Å². The Kier molecular flexibility index (Phi) is 5.94. The van der Waals surface area contributed by atoms with Crippen LogP contribution in [0.15, 0.2) is 53.3 Å². The van der Waals surface area contributed by atoms with E-state index < -0.39 is 0 Å². The standard InChI is InChI=1S/C27H30N4O3/c1-17(2)15-31-26(33)23-6-4-3-5-22(23)24(29-31)27(34)30(21-13-14-21)16-18-7-9-19(10-8-18)25(32)28-20-11-12-20/h3-10,17,20-21H,11-16H2,1-2H3,(H,28,32). The highest BCUT2D eigenvalue weighted by Crippen LogP contribution is 2.31. The minimum atomic E-state index is -0.168. The van der Waals surface area contributed by atoms with Crippen molar-refractivity contribution < 1.29 is 9.59 Å². The molecule has 0 saturated heterocycles. The topological polar surface area (TPSA) is 84.3 Å². The molecule has 2 aliphatic rings. The summed E-state index contributed by atoms with van der Waals surface area (Å²) in [5.74, 6) is 0.0171. The Labute approximate surface area is 198 Å². The van der Waals surface area contributed by atoms with Crippen molar-refractivity contribution in [2.24, 2.45) is 5.92 Å². The van der Waals surface area contributed by atoms with E-state index in [0.717, 1.165) is 31.2 Å². The quantitative estimate of drug-likeness (QED) is 0.557. The zero-order chi connectivity index (χ0) is 23.8. The van der Waals surface area contributed by atoms with E-state index >= 15 is 0 Å². The molecule has 0 radical (unpaired) electrons. The van der Waals surface area contributed by atoms with Gasteiger partial charge in [-0.25, -0.2) is 4.68 Å². The van der Waals surface area contributed by atoms with Crippen molar-refractivity contribution in [1.29, 1.82) is 0 Å². The number of hydrogen-bond donors (Lipinski definition) is 1. The molecule has 3 aromatic rings. The van der Waals surface area contributed by atoms with E-state index in [9.17, 15) is 14.4 Å². The third-order valence-electron chi connectivity index (χ3n) is 6.34. The lowest BCUT2D eigenvalue weighted by molar-refractivity contribution is 0.0722. The molecule has 2 aliphatic carbocycles. The van der Waals surface area contributed by atoms with Gasteiger partial charge in [-0.05, 0) is 55.4 Å². The van der Waals surface area contributed by atoms with Crippen molar-refractivity contribution in [3.05, 3.63) is 75.7 Å². The molecular formula is C27H30N4O3. The highest BCUT2D eigenvalue weighted by Gasteiger charge is 2.35. The Bertz CT molecular complexity index is 1290. The number of nitrogens with zero attached hydrogens (tertiary/aromatic N) is 3. The summed E-state index contributed by atoms with van der Waals surface area (Å²) >= 11 is 0. The fourth-order valence-corrected chi connectivity index (χ4v) is 4.21. The molecule has 34 heavy (non-hydrogen) atoms. The third kappa shape index (κ3) is 4.74. The van der Waals surface area contributed by atoms with Gasteiger partial charge in [0.15, 0.2) is 5.69 Å². The second-order valence-electron chi connectivity index (χ2n) is 9.88. The molecule has 176 valence electrons. The zero-order valence-corrected chi connectivity index (χ0v) is 19.7. The fourth-order valence-electron chi connectivity index (χ4n) is 4.21. The molecule has 0 atom stereocenters. The van der Waals surface area contributed by atoms with Gasteiger partial charge in [-0.15, -0.1) is 0 Å². The molecule has 0 spiro atoms. The Morgan fingerprint density at radius 2 is 1.71 bits per heavy atom. The Morgan fingerprint density at radius 3 is 2.32 bits per heavy atom. The van der Waals surface area contributed by atoms with Gasteiger partial charge in [0, 0.05) is 36.1 Å². The van der Waals surface area contributed by atoms with Gasteiger partial charge < -0.3 is 10.2 Å². The first-order valence-corrected chi connectivity index (χ1v) is 12.1. The SMILES string of the molecule is CC(C)Cn1nc(C(=O)N(Cc2ccc(C(=O)NC3CC3)cc2)C2CC2)c2ccccc2c1=O. The monoisotopic (exact) mass is 458 g/mol. The molecule has 2 amide bonds. The second kappa shape index (κ2) is 9.05. The lowest BCUT2D eigenvalue weighted by Gasteiger charge is -2.23. The first-order valence-electron chi connectivity index (χ1n) is 12.1. The maximum absolute atomic E-state index is 13.8. The van der Waals surface area contributed by atoms with E-state index in [1.165, 1.54) is 4.68 Å². The van der Waals surface area contributed by atoms with Crippen molar-refractivity contribution in [3.63, 3.8) is 0 Å². The lowest BCUT2D eigenvalue weighted by atomic mass is 10.1. The Morgan fingerprint density at radius 1 is 1.03 bits per heavy atom. The van der Waals surface area contributed by atoms with Gasteiger partial charge in [0.05, 0.1) is 5.39 Å². The summed E-state index contributed by atoms with van der Waals surface area (Å²) in [6.07, 6.45) is 4.01. The maximum atomic E-state index is 13.8. The number of carbonyl (C=O) groups is 2. The van der Waals surface area contributed by atoms with Crippen LogP contribution in [0.1, 0.15) is 65.9 Å². The minimum absolute atomic E-state index is 0.0488. The molecule has 1 aromatic heterocycles. The van der Waals surface area contributed by atoms with Crippen LogP contribution in [0, 0.1) is 5.92 Å². The first-order chi connectivity index (χ1) is 16.4. The summed E-state index contributed by atoms with van der Waals surface area (Å²) in [5, 5.41) is 8.65. The van der Waals surface area contributed by atoms with Gasteiger partial charge in [0.2, 0.25) is 0 Å². The summed E-state index contributed by atoms with van der Waals surface area (Å²) in [4.78, 5) is 40.9. The number of nitrogens with one attached hydrogen (secondary N) is 1. The van der Waals surface area contributed by atoms with Crippen molar-refractivity contribution in [1.82, 2.24) is 20.0 Å². The number of amides is 2. The normalized spacial score (nSPS) is 15.5. The summed E-state index contributed by atoms with van der Waals surface area (Å²) in [6, 6.07) is 15.2. The number of aromatic nitrogens is 2. The summed E-state index contributed by atoms with van der Waals surface area (Å²) in [7, 11) is 0. The zero-order valence-electron chi connectivity index (χ0n) is 19.7. The molecule has 1 heterocycles. The van der Waals surface area contributed by atoms with Gasteiger partial charge in [0.25, 0.3) is 17.4 Å². The van der Waals surface area contributed by atoms with E-state index in [1.807, 2.05) is 55.1 Å². The predicted molar refractivity (Wildman–Crippen MR) is 131 cm³/mol. The van der Waals surface area contributed by atoms with Crippen molar-refractivity contribution in [2.45, 2.75) is 64.7 Å². The van der Waals surface area contributed by atoms with Crippen LogP contribution in [0.25, 0.3) is 10.8 Å². The maximum Gasteiger partial charge on any atom is 0.275 e. The van der Waals surface area contributed by atoms with Crippen LogP contribution in [0.5, 0.6) is 0 Å². The molecule has 2 aromatic carbocycles. The first kappa shape index (κ1) is 22.3. The highest BCUT2D eigenvalue weighted by molar-refractivity contribution is 6.05. The van der Waals surface area contributed by atoms with E-state index in [0.29, 0.717) is 41.2 Å². The van der Waals surface area contributed by atoms with E-state index in [4.69, 9.17) is 0 Å². The number of rotatable bonds is 8. The molecular weight excluding hydrogens is 428 g/mol. The van der Waals surface area contributed by atoms with E-state index in [-0.39, 0.29) is 29.3 Å². The Hall–Kier alpha value is -3.48. The van der Waals surface area contributed by atoms with Crippen molar-refractivity contribution >= 4 is 22.6 Å². The lowest BCUT2D eigenvalue weighted by Crippen LogP contribution is -2.36.